The topological polar surface area (TPSA) is 58.2 Å². The quantitative estimate of drug-likeness (QED) is 0.879. The highest BCUT2D eigenvalue weighted by atomic mass is 35.5. The summed E-state index contributed by atoms with van der Waals surface area (Å²) in [4.78, 5) is 23.9. The zero-order valence-electron chi connectivity index (χ0n) is 11.9. The number of carbonyl (C=O) groups excluding carboxylic acids is 2. The van der Waals surface area contributed by atoms with E-state index in [0.717, 1.165) is 31.0 Å². The molecule has 0 aliphatic heterocycles. The van der Waals surface area contributed by atoms with Crippen molar-refractivity contribution < 1.29 is 22.8 Å². The molecular formula is C15H14ClF3N2O2. The fourth-order valence-electron chi connectivity index (χ4n) is 2.33. The van der Waals surface area contributed by atoms with Crippen LogP contribution in [0.4, 0.5) is 18.9 Å². The maximum absolute atomic E-state index is 12.7. The van der Waals surface area contributed by atoms with E-state index < -0.39 is 29.5 Å². The molecule has 8 heteroatoms. The summed E-state index contributed by atoms with van der Waals surface area (Å²) in [6, 6.07) is 2.94. The van der Waals surface area contributed by atoms with Crippen molar-refractivity contribution in [2.24, 2.45) is 11.8 Å². The van der Waals surface area contributed by atoms with Crippen LogP contribution < -0.4 is 10.6 Å². The van der Waals surface area contributed by atoms with E-state index in [4.69, 9.17) is 11.6 Å². The van der Waals surface area contributed by atoms with E-state index in [1.54, 1.807) is 0 Å². The summed E-state index contributed by atoms with van der Waals surface area (Å²) < 4.78 is 38.1. The number of anilines is 1. The Morgan fingerprint density at radius 2 is 1.78 bits per heavy atom. The number of halogens is 4. The Balaban J connectivity index is 1.63. The van der Waals surface area contributed by atoms with E-state index in [1.807, 2.05) is 0 Å². The molecule has 23 heavy (non-hydrogen) atoms. The van der Waals surface area contributed by atoms with Crippen molar-refractivity contribution in [3.05, 3.63) is 28.8 Å². The molecule has 2 atom stereocenters. The van der Waals surface area contributed by atoms with Gasteiger partial charge in [-0.05, 0) is 37.5 Å². The molecule has 2 saturated carbocycles. The lowest BCUT2D eigenvalue weighted by Gasteiger charge is -2.11. The van der Waals surface area contributed by atoms with Gasteiger partial charge < -0.3 is 10.6 Å². The van der Waals surface area contributed by atoms with Crippen molar-refractivity contribution in [2.75, 3.05) is 5.32 Å². The molecule has 2 fully saturated rings. The van der Waals surface area contributed by atoms with Crippen molar-refractivity contribution >= 4 is 29.1 Å². The number of alkyl halides is 3. The van der Waals surface area contributed by atoms with Crippen molar-refractivity contribution in [3.63, 3.8) is 0 Å². The lowest BCUT2D eigenvalue weighted by atomic mass is 10.2. The zero-order chi connectivity index (χ0) is 16.8. The molecule has 0 bridgehead atoms. The SMILES string of the molecule is O=C(Nc1cc(C(F)(F)F)ccc1Cl)C1CC1C(=O)NC1CC1. The Morgan fingerprint density at radius 3 is 2.39 bits per heavy atom. The van der Waals surface area contributed by atoms with Gasteiger partial charge in [0.1, 0.15) is 0 Å². The summed E-state index contributed by atoms with van der Waals surface area (Å²) >= 11 is 5.83. The molecule has 2 aliphatic rings. The van der Waals surface area contributed by atoms with Crippen LogP contribution in [-0.2, 0) is 15.8 Å². The molecule has 124 valence electrons. The molecule has 0 radical (unpaired) electrons. The van der Waals surface area contributed by atoms with Crippen LogP contribution in [0.5, 0.6) is 0 Å². The number of nitrogens with one attached hydrogen (secondary N) is 2. The van der Waals surface area contributed by atoms with E-state index in [2.05, 4.69) is 10.6 Å². The maximum Gasteiger partial charge on any atom is 0.416 e. The fraction of sp³-hybridized carbons (Fsp3) is 0.467. The predicted molar refractivity (Wildman–Crippen MR) is 77.8 cm³/mol. The molecule has 2 N–H and O–H groups in total. The maximum atomic E-state index is 12.7. The van der Waals surface area contributed by atoms with Gasteiger partial charge in [-0.25, -0.2) is 0 Å². The number of rotatable bonds is 4. The highest BCUT2D eigenvalue weighted by Gasteiger charge is 2.49. The van der Waals surface area contributed by atoms with Gasteiger partial charge >= 0.3 is 6.18 Å². The number of hydrogen-bond acceptors (Lipinski definition) is 2. The first kappa shape index (κ1) is 16.1. The van der Waals surface area contributed by atoms with Crippen LogP contribution in [-0.4, -0.2) is 17.9 Å². The first-order chi connectivity index (χ1) is 10.8. The van der Waals surface area contributed by atoms with Crippen molar-refractivity contribution in [2.45, 2.75) is 31.5 Å². The van der Waals surface area contributed by atoms with Crippen molar-refractivity contribution in [3.8, 4) is 0 Å². The minimum Gasteiger partial charge on any atom is -0.353 e. The summed E-state index contributed by atoms with van der Waals surface area (Å²) in [6.45, 7) is 0. The molecular weight excluding hydrogens is 333 g/mol. The van der Waals surface area contributed by atoms with Gasteiger partial charge in [0, 0.05) is 6.04 Å². The molecule has 1 aromatic rings. The van der Waals surface area contributed by atoms with Crippen molar-refractivity contribution in [1.82, 2.24) is 5.32 Å². The first-order valence-electron chi connectivity index (χ1n) is 7.23. The van der Waals surface area contributed by atoms with Crippen LogP contribution in [0.2, 0.25) is 5.02 Å². The Hall–Kier alpha value is -1.76. The van der Waals surface area contributed by atoms with Gasteiger partial charge in [-0.2, -0.15) is 13.2 Å². The average molecular weight is 347 g/mol. The predicted octanol–water partition coefficient (Wildman–Crippen LogP) is 3.21. The van der Waals surface area contributed by atoms with Gasteiger partial charge in [0.15, 0.2) is 0 Å². The standard InChI is InChI=1S/C15H14ClF3N2O2/c16-11-4-1-7(15(17,18)19)5-12(11)21-14(23)10-6-9(10)13(22)20-8-2-3-8/h1,4-5,8-10H,2-3,6H2,(H,20,22)(H,21,23). The third-order valence-corrected chi connectivity index (χ3v) is 4.27. The van der Waals surface area contributed by atoms with Gasteiger partial charge in [0.2, 0.25) is 11.8 Å². The lowest BCUT2D eigenvalue weighted by Crippen LogP contribution is -2.29. The molecule has 0 saturated heterocycles. The van der Waals surface area contributed by atoms with Gasteiger partial charge in [-0.3, -0.25) is 9.59 Å². The Morgan fingerprint density at radius 1 is 1.13 bits per heavy atom. The summed E-state index contributed by atoms with van der Waals surface area (Å²) in [5.74, 6) is -1.57. The number of amides is 2. The van der Waals surface area contributed by atoms with Crippen LogP contribution in [0, 0.1) is 11.8 Å². The normalized spacial score (nSPS) is 23.3. The summed E-state index contributed by atoms with van der Waals surface area (Å²) in [7, 11) is 0. The molecule has 0 spiro atoms. The van der Waals surface area contributed by atoms with E-state index in [-0.39, 0.29) is 22.7 Å². The smallest absolute Gasteiger partial charge is 0.353 e. The van der Waals surface area contributed by atoms with Gasteiger partial charge in [0.05, 0.1) is 28.1 Å². The monoisotopic (exact) mass is 346 g/mol. The summed E-state index contributed by atoms with van der Waals surface area (Å²) in [6.07, 6.45) is -2.21. The Labute approximate surface area is 135 Å². The third-order valence-electron chi connectivity index (χ3n) is 3.94. The molecule has 1 aromatic carbocycles. The second-order valence-corrected chi connectivity index (χ2v) is 6.32. The van der Waals surface area contributed by atoms with Gasteiger partial charge in [0.25, 0.3) is 0 Å². The Bertz CT molecular complexity index is 659. The highest BCUT2D eigenvalue weighted by molar-refractivity contribution is 6.33. The molecule has 3 rings (SSSR count). The minimum absolute atomic E-state index is 0.0194. The van der Waals surface area contributed by atoms with Crippen molar-refractivity contribution in [1.29, 1.82) is 0 Å². The van der Waals surface area contributed by atoms with E-state index in [9.17, 15) is 22.8 Å². The van der Waals surface area contributed by atoms with E-state index in [1.165, 1.54) is 0 Å². The molecule has 0 heterocycles. The third kappa shape index (κ3) is 3.77. The number of benzene rings is 1. The van der Waals surface area contributed by atoms with Gasteiger partial charge in [-0.1, -0.05) is 11.6 Å². The molecule has 2 aliphatic carbocycles. The van der Waals surface area contributed by atoms with Crippen LogP contribution >= 0.6 is 11.6 Å². The number of carbonyl (C=O) groups is 2. The second-order valence-electron chi connectivity index (χ2n) is 5.91. The largest absolute Gasteiger partial charge is 0.416 e. The lowest BCUT2D eigenvalue weighted by molar-refractivity contribution is -0.137. The summed E-state index contributed by atoms with van der Waals surface area (Å²) in [5.41, 5.74) is -0.990. The molecule has 2 amide bonds. The van der Waals surface area contributed by atoms with Crippen LogP contribution in [0.15, 0.2) is 18.2 Å². The van der Waals surface area contributed by atoms with Crippen LogP contribution in [0.25, 0.3) is 0 Å². The molecule has 4 nitrogen and oxygen atoms in total. The second kappa shape index (κ2) is 5.70. The van der Waals surface area contributed by atoms with Crippen LogP contribution in [0.1, 0.15) is 24.8 Å². The number of hydrogen-bond donors (Lipinski definition) is 2. The molecule has 2 unspecified atom stereocenters. The highest BCUT2D eigenvalue weighted by Crippen LogP contribution is 2.41. The minimum atomic E-state index is -4.52. The zero-order valence-corrected chi connectivity index (χ0v) is 12.7. The van der Waals surface area contributed by atoms with E-state index in [0.29, 0.717) is 6.42 Å². The average Bonchev–Trinajstić information content (AvgIpc) is 3.33. The fourth-order valence-corrected chi connectivity index (χ4v) is 2.50. The molecule has 0 aromatic heterocycles. The van der Waals surface area contributed by atoms with Gasteiger partial charge in [-0.15, -0.1) is 0 Å². The van der Waals surface area contributed by atoms with E-state index >= 15 is 0 Å². The summed E-state index contributed by atoms with van der Waals surface area (Å²) in [5, 5.41) is 5.22. The first-order valence-corrected chi connectivity index (χ1v) is 7.61. The van der Waals surface area contributed by atoms with Crippen LogP contribution in [0.3, 0.4) is 0 Å². The Kier molecular flexibility index (Phi) is 4.00.